The Balaban J connectivity index is 1.79. The first kappa shape index (κ1) is 18.9. The van der Waals surface area contributed by atoms with Crippen molar-refractivity contribution in [2.75, 3.05) is 12.0 Å². The smallest absolute Gasteiger partial charge is 0.282 e. The normalized spacial score (nSPS) is 15.0. The molecule has 1 aliphatic heterocycles. The third kappa shape index (κ3) is 3.91. The predicted octanol–water partition coefficient (Wildman–Crippen LogP) is 5.32. The highest BCUT2D eigenvalue weighted by atomic mass is 35.5. The monoisotopic (exact) mass is 406 g/mol. The second-order valence-corrected chi connectivity index (χ2v) is 6.80. The highest BCUT2D eigenvalue weighted by Gasteiger charge is 2.32. The summed E-state index contributed by atoms with van der Waals surface area (Å²) in [7, 11) is 1.58. The Morgan fingerprint density at radius 3 is 2.24 bits per heavy atom. The van der Waals surface area contributed by atoms with E-state index < -0.39 is 0 Å². The lowest BCUT2D eigenvalue weighted by atomic mass is 10.1. The molecule has 29 heavy (non-hydrogen) atoms. The zero-order chi connectivity index (χ0) is 20.4. The summed E-state index contributed by atoms with van der Waals surface area (Å²) in [6.45, 7) is 0. The Labute approximate surface area is 172 Å². The second-order valence-electron chi connectivity index (χ2n) is 6.36. The minimum atomic E-state index is -0.338. The number of methoxy groups -OCH3 is 1. The maximum absolute atomic E-state index is 13.2. The summed E-state index contributed by atoms with van der Waals surface area (Å²) in [6, 6.07) is 20.2. The van der Waals surface area contributed by atoms with Crippen LogP contribution in [-0.2, 0) is 4.79 Å². The van der Waals surface area contributed by atoms with Gasteiger partial charge in [-0.25, -0.2) is 9.38 Å². The van der Waals surface area contributed by atoms with Crippen molar-refractivity contribution >= 4 is 35.1 Å². The van der Waals surface area contributed by atoms with E-state index in [9.17, 15) is 9.18 Å². The number of nitrogens with zero attached hydrogens (tertiary/aromatic N) is 2. The van der Waals surface area contributed by atoms with E-state index in [2.05, 4.69) is 4.99 Å². The molecule has 0 N–H and O–H groups in total. The maximum atomic E-state index is 13.2. The molecular weight excluding hydrogens is 391 g/mol. The molecule has 0 saturated carbocycles. The van der Waals surface area contributed by atoms with Crippen molar-refractivity contribution in [1.82, 2.24) is 0 Å². The molecule has 3 aromatic carbocycles. The molecule has 0 saturated heterocycles. The fourth-order valence-electron chi connectivity index (χ4n) is 3.00. The van der Waals surface area contributed by atoms with Crippen LogP contribution in [0.4, 0.5) is 10.1 Å². The van der Waals surface area contributed by atoms with Gasteiger partial charge in [0, 0.05) is 10.6 Å². The van der Waals surface area contributed by atoms with Crippen LogP contribution in [0.5, 0.6) is 5.75 Å². The number of benzene rings is 3. The molecule has 4 nitrogen and oxygen atoms in total. The molecule has 0 radical (unpaired) electrons. The van der Waals surface area contributed by atoms with Gasteiger partial charge < -0.3 is 4.74 Å². The molecule has 0 bridgehead atoms. The van der Waals surface area contributed by atoms with Gasteiger partial charge in [0.2, 0.25) is 0 Å². The van der Waals surface area contributed by atoms with Crippen molar-refractivity contribution in [3.8, 4) is 5.75 Å². The van der Waals surface area contributed by atoms with Crippen LogP contribution in [-0.4, -0.2) is 18.9 Å². The molecule has 6 heteroatoms. The minimum Gasteiger partial charge on any atom is -0.497 e. The van der Waals surface area contributed by atoms with E-state index in [0.29, 0.717) is 27.9 Å². The summed E-state index contributed by atoms with van der Waals surface area (Å²) in [5, 5.41) is 0.594. The number of halogens is 2. The number of carbonyl (C=O) groups is 1. The topological polar surface area (TPSA) is 41.9 Å². The maximum Gasteiger partial charge on any atom is 0.282 e. The first-order valence-electron chi connectivity index (χ1n) is 8.85. The van der Waals surface area contributed by atoms with Gasteiger partial charge in [0.1, 0.15) is 23.1 Å². The van der Waals surface area contributed by atoms with Crippen LogP contribution < -0.4 is 9.64 Å². The highest BCUT2D eigenvalue weighted by Crippen LogP contribution is 2.29. The van der Waals surface area contributed by atoms with Crippen LogP contribution in [0.3, 0.4) is 0 Å². The molecule has 0 unspecified atom stereocenters. The molecule has 0 aliphatic carbocycles. The number of hydrogen-bond acceptors (Lipinski definition) is 3. The van der Waals surface area contributed by atoms with Crippen LogP contribution in [0.1, 0.15) is 11.1 Å². The highest BCUT2D eigenvalue weighted by molar-refractivity contribution is 6.34. The molecule has 1 heterocycles. The average Bonchev–Trinajstić information content (AvgIpc) is 3.06. The van der Waals surface area contributed by atoms with E-state index in [1.165, 1.54) is 17.0 Å². The first-order chi connectivity index (χ1) is 14.0. The van der Waals surface area contributed by atoms with Gasteiger partial charge in [0.25, 0.3) is 5.91 Å². The van der Waals surface area contributed by atoms with Gasteiger partial charge in [0.05, 0.1) is 12.8 Å². The van der Waals surface area contributed by atoms with Gasteiger partial charge in [-0.2, -0.15) is 0 Å². The van der Waals surface area contributed by atoms with E-state index >= 15 is 0 Å². The summed E-state index contributed by atoms with van der Waals surface area (Å²) in [4.78, 5) is 19.3. The lowest BCUT2D eigenvalue weighted by Crippen LogP contribution is -2.32. The molecule has 1 amide bonds. The van der Waals surface area contributed by atoms with Crippen molar-refractivity contribution in [3.63, 3.8) is 0 Å². The Bertz CT molecular complexity index is 1110. The van der Waals surface area contributed by atoms with E-state index in [4.69, 9.17) is 16.3 Å². The average molecular weight is 407 g/mol. The van der Waals surface area contributed by atoms with E-state index in [1.54, 1.807) is 61.7 Å². The fourth-order valence-corrected chi connectivity index (χ4v) is 3.12. The SMILES string of the molecule is COc1ccc(N2C(=O)/C(=C\c3ccc(F)cc3)N=C2c2ccc(Cl)cc2)cc1. The first-order valence-corrected chi connectivity index (χ1v) is 9.23. The number of ether oxygens (including phenoxy) is 1. The summed E-state index contributed by atoms with van der Waals surface area (Å²) < 4.78 is 18.4. The minimum absolute atomic E-state index is 0.261. The number of amidine groups is 1. The Hall–Kier alpha value is -3.44. The Kier molecular flexibility index (Phi) is 5.14. The number of rotatable bonds is 4. The van der Waals surface area contributed by atoms with Crippen LogP contribution >= 0.6 is 11.6 Å². The van der Waals surface area contributed by atoms with Crippen molar-refractivity contribution in [1.29, 1.82) is 0 Å². The Morgan fingerprint density at radius 2 is 1.62 bits per heavy atom. The third-order valence-electron chi connectivity index (χ3n) is 4.47. The van der Waals surface area contributed by atoms with Gasteiger partial charge in [0.15, 0.2) is 0 Å². The van der Waals surface area contributed by atoms with Crippen molar-refractivity contribution in [3.05, 3.63) is 100 Å². The van der Waals surface area contributed by atoms with Gasteiger partial charge in [-0.15, -0.1) is 0 Å². The summed E-state index contributed by atoms with van der Waals surface area (Å²) >= 11 is 6.01. The molecule has 1 aliphatic rings. The number of amides is 1. The summed E-state index contributed by atoms with van der Waals surface area (Å²) in [5.41, 5.74) is 2.36. The fraction of sp³-hybridized carbons (Fsp3) is 0.0435. The number of aliphatic imine (C=N–C) groups is 1. The van der Waals surface area contributed by atoms with Crippen molar-refractivity contribution in [2.45, 2.75) is 0 Å². The zero-order valence-electron chi connectivity index (χ0n) is 15.5. The molecule has 144 valence electrons. The lowest BCUT2D eigenvalue weighted by molar-refractivity contribution is -0.113. The summed E-state index contributed by atoms with van der Waals surface area (Å²) in [5.74, 6) is 0.567. The predicted molar refractivity (Wildman–Crippen MR) is 113 cm³/mol. The van der Waals surface area contributed by atoms with Crippen LogP contribution in [0, 0.1) is 5.82 Å². The van der Waals surface area contributed by atoms with E-state index in [-0.39, 0.29) is 17.4 Å². The van der Waals surface area contributed by atoms with Crippen molar-refractivity contribution in [2.24, 2.45) is 4.99 Å². The van der Waals surface area contributed by atoms with Gasteiger partial charge in [-0.3, -0.25) is 9.69 Å². The van der Waals surface area contributed by atoms with Crippen LogP contribution in [0.15, 0.2) is 83.5 Å². The van der Waals surface area contributed by atoms with Gasteiger partial charge >= 0.3 is 0 Å². The third-order valence-corrected chi connectivity index (χ3v) is 4.72. The summed E-state index contributed by atoms with van der Waals surface area (Å²) in [6.07, 6.45) is 1.64. The second kappa shape index (κ2) is 7.89. The number of hydrogen-bond donors (Lipinski definition) is 0. The number of anilines is 1. The molecule has 0 aromatic heterocycles. The van der Waals surface area contributed by atoms with Gasteiger partial charge in [-0.05, 0) is 72.3 Å². The van der Waals surface area contributed by atoms with E-state index in [0.717, 1.165) is 5.56 Å². The van der Waals surface area contributed by atoms with Crippen molar-refractivity contribution < 1.29 is 13.9 Å². The standard InChI is InChI=1S/C23H16ClFN2O2/c1-29-20-12-10-19(11-13-20)27-22(16-4-6-17(24)7-5-16)26-21(23(27)28)14-15-2-8-18(25)9-3-15/h2-14H,1H3/b21-14+. The lowest BCUT2D eigenvalue weighted by Gasteiger charge is -2.19. The quantitative estimate of drug-likeness (QED) is 0.550. The Morgan fingerprint density at radius 1 is 0.966 bits per heavy atom. The number of carbonyl (C=O) groups excluding carboxylic acids is 1. The molecule has 0 spiro atoms. The zero-order valence-corrected chi connectivity index (χ0v) is 16.2. The molecule has 0 atom stereocenters. The molecule has 0 fully saturated rings. The van der Waals surface area contributed by atoms with Gasteiger partial charge in [-0.1, -0.05) is 23.7 Å². The molecule has 4 rings (SSSR count). The molecular formula is C23H16ClFN2O2. The van der Waals surface area contributed by atoms with E-state index in [1.807, 2.05) is 12.1 Å². The van der Waals surface area contributed by atoms with Crippen LogP contribution in [0.25, 0.3) is 6.08 Å². The molecule has 3 aromatic rings. The van der Waals surface area contributed by atoms with Crippen LogP contribution in [0.2, 0.25) is 5.02 Å². The largest absolute Gasteiger partial charge is 0.497 e.